The second-order valence-electron chi connectivity index (χ2n) is 6.45. The largest absolute Gasteiger partial charge is 0.423 e. The van der Waals surface area contributed by atoms with Gasteiger partial charge in [-0.1, -0.05) is 18.2 Å². The molecular weight excluding hydrogens is 380 g/mol. The Balaban J connectivity index is 1.49. The van der Waals surface area contributed by atoms with Gasteiger partial charge in [-0.05, 0) is 59.0 Å². The first-order valence-corrected chi connectivity index (χ1v) is 9.14. The predicted octanol–water partition coefficient (Wildman–Crippen LogP) is 3.49. The number of ether oxygens (including phenoxy) is 1. The van der Waals surface area contributed by atoms with Crippen LogP contribution in [-0.4, -0.2) is 36.1 Å². The third-order valence-corrected chi connectivity index (χ3v) is 4.57. The molecular formula is C22H14N6O2. The molecule has 8 nitrogen and oxygen atoms in total. The number of hydrogen-bond donors (Lipinski definition) is 0. The standard InChI is InChI=1S/C22H14N6O2/c29-22(30-17-7-5-16(6-8-17)28-14-24-26-27-28)19-13-21(15-9-11-23-12-10-15)25-20-4-2-1-3-18(19)20/h1-14H. The number of hydrogen-bond acceptors (Lipinski definition) is 7. The van der Waals surface area contributed by atoms with Crippen LogP contribution in [-0.2, 0) is 0 Å². The highest BCUT2D eigenvalue weighted by Crippen LogP contribution is 2.26. The molecule has 0 aliphatic carbocycles. The molecule has 0 saturated heterocycles. The van der Waals surface area contributed by atoms with Gasteiger partial charge in [-0.2, -0.15) is 0 Å². The van der Waals surface area contributed by atoms with Crippen molar-refractivity contribution in [1.82, 2.24) is 30.2 Å². The van der Waals surface area contributed by atoms with Crippen molar-refractivity contribution in [3.8, 4) is 22.7 Å². The van der Waals surface area contributed by atoms with E-state index in [2.05, 4.69) is 25.5 Å². The summed E-state index contributed by atoms with van der Waals surface area (Å²) >= 11 is 0. The van der Waals surface area contributed by atoms with Crippen molar-refractivity contribution in [2.45, 2.75) is 0 Å². The van der Waals surface area contributed by atoms with Gasteiger partial charge in [-0.15, -0.1) is 5.10 Å². The average molecular weight is 394 g/mol. The van der Waals surface area contributed by atoms with Crippen LogP contribution in [0.4, 0.5) is 0 Å². The Bertz CT molecular complexity index is 1320. The molecule has 2 aromatic carbocycles. The van der Waals surface area contributed by atoms with Gasteiger partial charge in [0.15, 0.2) is 0 Å². The lowest BCUT2D eigenvalue weighted by Crippen LogP contribution is -2.10. The molecule has 5 aromatic rings. The number of para-hydroxylation sites is 1. The van der Waals surface area contributed by atoms with E-state index in [1.165, 1.54) is 11.0 Å². The fraction of sp³-hybridized carbons (Fsp3) is 0. The lowest BCUT2D eigenvalue weighted by molar-refractivity contribution is 0.0737. The number of aromatic nitrogens is 6. The highest BCUT2D eigenvalue weighted by atomic mass is 16.5. The van der Waals surface area contributed by atoms with Crippen molar-refractivity contribution in [1.29, 1.82) is 0 Å². The first-order chi connectivity index (χ1) is 14.8. The van der Waals surface area contributed by atoms with Gasteiger partial charge in [-0.3, -0.25) is 4.98 Å². The number of rotatable bonds is 4. The third kappa shape index (κ3) is 3.37. The maximum Gasteiger partial charge on any atom is 0.344 e. The van der Waals surface area contributed by atoms with Crippen LogP contribution in [0.15, 0.2) is 85.5 Å². The van der Waals surface area contributed by atoms with Crippen LogP contribution in [0.2, 0.25) is 0 Å². The molecule has 3 heterocycles. The lowest BCUT2D eigenvalue weighted by atomic mass is 10.0. The van der Waals surface area contributed by atoms with E-state index in [0.717, 1.165) is 16.6 Å². The summed E-state index contributed by atoms with van der Waals surface area (Å²) in [5.74, 6) is -0.0396. The summed E-state index contributed by atoms with van der Waals surface area (Å²) in [6.07, 6.45) is 4.87. The van der Waals surface area contributed by atoms with E-state index in [9.17, 15) is 4.79 Å². The van der Waals surface area contributed by atoms with Crippen LogP contribution >= 0.6 is 0 Å². The first-order valence-electron chi connectivity index (χ1n) is 9.14. The summed E-state index contributed by atoms with van der Waals surface area (Å²) in [4.78, 5) is 21.7. The number of fused-ring (bicyclic) bond motifs is 1. The van der Waals surface area contributed by atoms with E-state index in [4.69, 9.17) is 4.74 Å². The number of esters is 1. The number of tetrazole rings is 1. The van der Waals surface area contributed by atoms with Gasteiger partial charge < -0.3 is 4.74 Å². The quantitative estimate of drug-likeness (QED) is 0.340. The van der Waals surface area contributed by atoms with Crippen molar-refractivity contribution < 1.29 is 9.53 Å². The van der Waals surface area contributed by atoms with Gasteiger partial charge in [0.05, 0.1) is 22.5 Å². The Morgan fingerprint density at radius 2 is 1.73 bits per heavy atom. The van der Waals surface area contributed by atoms with Crippen molar-refractivity contribution in [3.05, 3.63) is 91.0 Å². The molecule has 3 aromatic heterocycles. The number of pyridine rings is 2. The van der Waals surface area contributed by atoms with Crippen molar-refractivity contribution in [2.24, 2.45) is 0 Å². The molecule has 0 amide bonds. The molecule has 0 aliphatic heterocycles. The predicted molar refractivity (Wildman–Crippen MR) is 109 cm³/mol. The zero-order valence-corrected chi connectivity index (χ0v) is 15.6. The van der Waals surface area contributed by atoms with E-state index < -0.39 is 5.97 Å². The molecule has 0 radical (unpaired) electrons. The van der Waals surface area contributed by atoms with E-state index >= 15 is 0 Å². The van der Waals surface area contributed by atoms with E-state index in [1.54, 1.807) is 42.7 Å². The summed E-state index contributed by atoms with van der Waals surface area (Å²) in [6, 6.07) is 19.9. The van der Waals surface area contributed by atoms with Crippen LogP contribution in [0.3, 0.4) is 0 Å². The SMILES string of the molecule is O=C(Oc1ccc(-n2cnnn2)cc1)c1cc(-c2ccncc2)nc2ccccc12. The highest BCUT2D eigenvalue weighted by Gasteiger charge is 2.16. The molecule has 0 fully saturated rings. The summed E-state index contributed by atoms with van der Waals surface area (Å²) in [5, 5.41) is 11.8. The Hall–Kier alpha value is -4.46. The summed E-state index contributed by atoms with van der Waals surface area (Å²) < 4.78 is 7.15. The van der Waals surface area contributed by atoms with Crippen LogP contribution < -0.4 is 4.74 Å². The molecule has 0 saturated carbocycles. The molecule has 0 atom stereocenters. The molecule has 0 spiro atoms. The van der Waals surface area contributed by atoms with E-state index in [-0.39, 0.29) is 0 Å². The van der Waals surface area contributed by atoms with Crippen molar-refractivity contribution in [2.75, 3.05) is 0 Å². The number of benzene rings is 2. The number of carbonyl (C=O) groups excluding carboxylic acids is 1. The Labute approximate surface area is 170 Å². The molecule has 0 aliphatic rings. The average Bonchev–Trinajstić information content (AvgIpc) is 3.34. The van der Waals surface area contributed by atoms with Crippen LogP contribution in [0.1, 0.15) is 10.4 Å². The maximum absolute atomic E-state index is 13.0. The number of nitrogens with zero attached hydrogens (tertiary/aromatic N) is 6. The van der Waals surface area contributed by atoms with E-state index in [0.29, 0.717) is 22.5 Å². The van der Waals surface area contributed by atoms with Gasteiger partial charge in [-0.25, -0.2) is 14.5 Å². The second kappa shape index (κ2) is 7.51. The number of carbonyl (C=O) groups is 1. The zero-order valence-electron chi connectivity index (χ0n) is 15.6. The van der Waals surface area contributed by atoms with Crippen molar-refractivity contribution in [3.63, 3.8) is 0 Å². The molecule has 0 unspecified atom stereocenters. The van der Waals surface area contributed by atoms with Gasteiger partial charge in [0.25, 0.3) is 0 Å². The lowest BCUT2D eigenvalue weighted by Gasteiger charge is -2.10. The normalized spacial score (nSPS) is 10.8. The summed E-state index contributed by atoms with van der Waals surface area (Å²) in [6.45, 7) is 0. The zero-order chi connectivity index (χ0) is 20.3. The fourth-order valence-corrected chi connectivity index (χ4v) is 3.12. The van der Waals surface area contributed by atoms with Gasteiger partial charge >= 0.3 is 5.97 Å². The Morgan fingerprint density at radius 3 is 2.50 bits per heavy atom. The smallest absolute Gasteiger partial charge is 0.344 e. The monoisotopic (exact) mass is 394 g/mol. The molecule has 0 bridgehead atoms. The minimum atomic E-state index is -0.459. The third-order valence-electron chi connectivity index (χ3n) is 4.57. The van der Waals surface area contributed by atoms with E-state index in [1.807, 2.05) is 36.4 Å². The Kier molecular flexibility index (Phi) is 4.41. The van der Waals surface area contributed by atoms with Crippen LogP contribution in [0, 0.1) is 0 Å². The summed E-state index contributed by atoms with van der Waals surface area (Å²) in [5.41, 5.74) is 3.46. The van der Waals surface area contributed by atoms with Crippen LogP contribution in [0.5, 0.6) is 5.75 Å². The minimum Gasteiger partial charge on any atom is -0.423 e. The molecule has 0 N–H and O–H groups in total. The maximum atomic E-state index is 13.0. The minimum absolute atomic E-state index is 0.420. The van der Waals surface area contributed by atoms with Crippen molar-refractivity contribution >= 4 is 16.9 Å². The first kappa shape index (κ1) is 17.6. The second-order valence-corrected chi connectivity index (χ2v) is 6.45. The highest BCUT2D eigenvalue weighted by molar-refractivity contribution is 6.05. The van der Waals surface area contributed by atoms with Gasteiger partial charge in [0, 0.05) is 23.3 Å². The molecule has 8 heteroatoms. The molecule has 144 valence electrons. The molecule has 5 rings (SSSR count). The van der Waals surface area contributed by atoms with Gasteiger partial charge in [0.1, 0.15) is 12.1 Å². The topological polar surface area (TPSA) is 95.7 Å². The van der Waals surface area contributed by atoms with Gasteiger partial charge in [0.2, 0.25) is 0 Å². The Morgan fingerprint density at radius 1 is 0.933 bits per heavy atom. The fourth-order valence-electron chi connectivity index (χ4n) is 3.12. The summed E-state index contributed by atoms with van der Waals surface area (Å²) in [7, 11) is 0. The molecule has 30 heavy (non-hydrogen) atoms. The van der Waals surface area contributed by atoms with Crippen LogP contribution in [0.25, 0.3) is 27.8 Å².